The molecule has 2 heteroatoms. The van der Waals surface area contributed by atoms with E-state index in [0.717, 1.165) is 6.54 Å². The molecule has 1 amide bonds. The molecule has 2 rings (SSSR count). The molecule has 0 aromatic carbocycles. The van der Waals surface area contributed by atoms with Gasteiger partial charge < -0.3 is 4.90 Å². The van der Waals surface area contributed by atoms with Gasteiger partial charge in [0.15, 0.2) is 0 Å². The lowest BCUT2D eigenvalue weighted by atomic mass is 10.0. The lowest BCUT2D eigenvalue weighted by Crippen LogP contribution is -2.27. The summed E-state index contributed by atoms with van der Waals surface area (Å²) in [6.45, 7) is 5.34. The molecule has 0 saturated carbocycles. The summed E-state index contributed by atoms with van der Waals surface area (Å²) < 4.78 is 0. The third-order valence-corrected chi connectivity index (χ3v) is 2.90. The maximum absolute atomic E-state index is 11.5. The van der Waals surface area contributed by atoms with E-state index in [1.165, 1.54) is 18.4 Å². The topological polar surface area (TPSA) is 20.3 Å². The molecule has 2 fully saturated rings. The standard InChI is InChI=1S/C11H17NO/c1-8(2)6-9-7-11(13)12-5-3-4-10(9)12/h6,8,10H,3-5,7H2,1-2H3/b9-6+. The van der Waals surface area contributed by atoms with E-state index in [2.05, 4.69) is 19.9 Å². The predicted molar refractivity (Wildman–Crippen MR) is 52.3 cm³/mol. The number of fused-ring (bicyclic) bond motifs is 1. The first-order valence-electron chi connectivity index (χ1n) is 5.18. The second kappa shape index (κ2) is 3.17. The minimum atomic E-state index is 0.342. The Morgan fingerprint density at radius 2 is 2.31 bits per heavy atom. The summed E-state index contributed by atoms with van der Waals surface area (Å²) in [6.07, 6.45) is 5.33. The first-order valence-corrected chi connectivity index (χ1v) is 5.18. The summed E-state index contributed by atoms with van der Waals surface area (Å²) in [4.78, 5) is 13.6. The Bertz CT molecular complexity index is 255. The van der Waals surface area contributed by atoms with Gasteiger partial charge in [0.2, 0.25) is 5.91 Å². The van der Waals surface area contributed by atoms with E-state index in [0.29, 0.717) is 24.3 Å². The fourth-order valence-corrected chi connectivity index (χ4v) is 2.44. The van der Waals surface area contributed by atoms with Gasteiger partial charge in [0, 0.05) is 13.0 Å². The molecule has 2 aliphatic heterocycles. The Labute approximate surface area is 79.6 Å². The molecule has 2 saturated heterocycles. The van der Waals surface area contributed by atoms with E-state index in [1.54, 1.807) is 0 Å². The molecule has 0 bridgehead atoms. The molecule has 0 N–H and O–H groups in total. The molecule has 13 heavy (non-hydrogen) atoms. The normalized spacial score (nSPS) is 30.7. The summed E-state index contributed by atoms with van der Waals surface area (Å²) >= 11 is 0. The van der Waals surface area contributed by atoms with Crippen LogP contribution in [0.3, 0.4) is 0 Å². The van der Waals surface area contributed by atoms with E-state index in [1.807, 2.05) is 4.90 Å². The Morgan fingerprint density at radius 1 is 1.54 bits per heavy atom. The van der Waals surface area contributed by atoms with Crippen LogP contribution in [0.4, 0.5) is 0 Å². The lowest BCUT2D eigenvalue weighted by Gasteiger charge is -2.15. The van der Waals surface area contributed by atoms with E-state index in [4.69, 9.17) is 0 Å². The predicted octanol–water partition coefficient (Wildman–Crippen LogP) is 1.96. The van der Waals surface area contributed by atoms with Crippen LogP contribution >= 0.6 is 0 Å². The third-order valence-electron chi connectivity index (χ3n) is 2.90. The summed E-state index contributed by atoms with van der Waals surface area (Å²) in [7, 11) is 0. The van der Waals surface area contributed by atoms with Gasteiger partial charge in [0.25, 0.3) is 0 Å². The lowest BCUT2D eigenvalue weighted by molar-refractivity contribution is -0.127. The summed E-state index contributed by atoms with van der Waals surface area (Å²) in [5, 5.41) is 0. The van der Waals surface area contributed by atoms with Crippen molar-refractivity contribution in [3.63, 3.8) is 0 Å². The molecule has 72 valence electrons. The Balaban J connectivity index is 2.19. The van der Waals surface area contributed by atoms with Crippen molar-refractivity contribution in [2.24, 2.45) is 5.92 Å². The van der Waals surface area contributed by atoms with Gasteiger partial charge in [0.05, 0.1) is 6.04 Å². The molecular weight excluding hydrogens is 162 g/mol. The minimum absolute atomic E-state index is 0.342. The van der Waals surface area contributed by atoms with Gasteiger partial charge in [-0.1, -0.05) is 19.9 Å². The zero-order valence-corrected chi connectivity index (χ0v) is 8.42. The molecule has 2 nitrogen and oxygen atoms in total. The van der Waals surface area contributed by atoms with E-state index in [9.17, 15) is 4.79 Å². The van der Waals surface area contributed by atoms with Crippen LogP contribution in [-0.2, 0) is 4.79 Å². The SMILES string of the molecule is CC(C)/C=C1\CC(=O)N2CCCC12. The fraction of sp³-hybridized carbons (Fsp3) is 0.727. The largest absolute Gasteiger partial charge is 0.336 e. The molecule has 0 radical (unpaired) electrons. The second-order valence-corrected chi connectivity index (χ2v) is 4.41. The van der Waals surface area contributed by atoms with Crippen molar-refractivity contribution >= 4 is 5.91 Å². The average Bonchev–Trinajstić information content (AvgIpc) is 2.56. The van der Waals surface area contributed by atoms with Crippen molar-refractivity contribution in [1.29, 1.82) is 0 Å². The molecule has 0 spiro atoms. The van der Waals surface area contributed by atoms with Crippen LogP contribution < -0.4 is 0 Å². The van der Waals surface area contributed by atoms with Crippen LogP contribution in [-0.4, -0.2) is 23.4 Å². The molecule has 1 atom stereocenters. The van der Waals surface area contributed by atoms with E-state index >= 15 is 0 Å². The highest BCUT2D eigenvalue weighted by Gasteiger charge is 2.37. The van der Waals surface area contributed by atoms with E-state index in [-0.39, 0.29) is 0 Å². The Hall–Kier alpha value is -0.790. The molecule has 2 heterocycles. The Morgan fingerprint density at radius 3 is 3.00 bits per heavy atom. The highest BCUT2D eigenvalue weighted by molar-refractivity contribution is 5.83. The van der Waals surface area contributed by atoms with Crippen LogP contribution in [0.15, 0.2) is 11.6 Å². The number of amides is 1. The van der Waals surface area contributed by atoms with Crippen LogP contribution in [0.2, 0.25) is 0 Å². The summed E-state index contributed by atoms with van der Waals surface area (Å²) in [5.41, 5.74) is 1.37. The van der Waals surface area contributed by atoms with Crippen molar-refractivity contribution in [2.75, 3.05) is 6.54 Å². The zero-order chi connectivity index (χ0) is 9.42. The van der Waals surface area contributed by atoms with Crippen LogP contribution in [0.1, 0.15) is 33.1 Å². The maximum Gasteiger partial charge on any atom is 0.227 e. The van der Waals surface area contributed by atoms with Crippen LogP contribution in [0.25, 0.3) is 0 Å². The van der Waals surface area contributed by atoms with Crippen molar-refractivity contribution in [2.45, 2.75) is 39.2 Å². The highest BCUT2D eigenvalue weighted by Crippen LogP contribution is 2.33. The van der Waals surface area contributed by atoms with Gasteiger partial charge in [-0.25, -0.2) is 0 Å². The summed E-state index contributed by atoms with van der Waals surface area (Å²) in [5.74, 6) is 0.915. The van der Waals surface area contributed by atoms with Crippen LogP contribution in [0.5, 0.6) is 0 Å². The van der Waals surface area contributed by atoms with Crippen molar-refractivity contribution < 1.29 is 4.79 Å². The third kappa shape index (κ3) is 1.50. The van der Waals surface area contributed by atoms with Crippen LogP contribution in [0, 0.1) is 5.92 Å². The number of hydrogen-bond acceptors (Lipinski definition) is 1. The van der Waals surface area contributed by atoms with Crippen molar-refractivity contribution in [3.8, 4) is 0 Å². The quantitative estimate of drug-likeness (QED) is 0.563. The zero-order valence-electron chi connectivity index (χ0n) is 8.42. The minimum Gasteiger partial charge on any atom is -0.336 e. The van der Waals surface area contributed by atoms with E-state index < -0.39 is 0 Å². The monoisotopic (exact) mass is 179 g/mol. The number of allylic oxidation sites excluding steroid dienone is 1. The number of nitrogens with zero attached hydrogens (tertiary/aromatic N) is 1. The fourth-order valence-electron chi connectivity index (χ4n) is 2.44. The molecule has 0 aromatic rings. The van der Waals surface area contributed by atoms with Gasteiger partial charge in [-0.05, 0) is 24.3 Å². The smallest absolute Gasteiger partial charge is 0.227 e. The molecule has 2 aliphatic rings. The number of hydrogen-bond donors (Lipinski definition) is 0. The summed E-state index contributed by atoms with van der Waals surface area (Å²) in [6, 6.07) is 0.467. The number of carbonyl (C=O) groups is 1. The van der Waals surface area contributed by atoms with Gasteiger partial charge in [-0.15, -0.1) is 0 Å². The molecular formula is C11H17NO. The first kappa shape index (κ1) is 8.79. The van der Waals surface area contributed by atoms with Gasteiger partial charge >= 0.3 is 0 Å². The molecule has 0 aromatic heterocycles. The van der Waals surface area contributed by atoms with Gasteiger partial charge in [-0.2, -0.15) is 0 Å². The number of rotatable bonds is 1. The van der Waals surface area contributed by atoms with Crippen molar-refractivity contribution in [1.82, 2.24) is 4.90 Å². The second-order valence-electron chi connectivity index (χ2n) is 4.41. The maximum atomic E-state index is 11.5. The Kier molecular flexibility index (Phi) is 2.14. The first-order chi connectivity index (χ1) is 6.18. The molecule has 0 aliphatic carbocycles. The average molecular weight is 179 g/mol. The number of carbonyl (C=O) groups excluding carboxylic acids is 1. The highest BCUT2D eigenvalue weighted by atomic mass is 16.2. The van der Waals surface area contributed by atoms with Gasteiger partial charge in [0.1, 0.15) is 0 Å². The van der Waals surface area contributed by atoms with Gasteiger partial charge in [-0.3, -0.25) is 4.79 Å². The molecule has 1 unspecified atom stereocenters. The van der Waals surface area contributed by atoms with Crippen molar-refractivity contribution in [3.05, 3.63) is 11.6 Å².